The zero-order valence-electron chi connectivity index (χ0n) is 18.5. The average Bonchev–Trinajstić information content (AvgIpc) is 3.07. The van der Waals surface area contributed by atoms with Gasteiger partial charge in [0.25, 0.3) is 5.91 Å². The largest absolute Gasteiger partial charge is 0.496 e. The van der Waals surface area contributed by atoms with Crippen molar-refractivity contribution < 1.29 is 19.1 Å². The van der Waals surface area contributed by atoms with E-state index in [1.54, 1.807) is 19.2 Å². The Morgan fingerprint density at radius 2 is 1.61 bits per heavy atom. The number of rotatable bonds is 5. The van der Waals surface area contributed by atoms with Crippen LogP contribution in [0.25, 0.3) is 22.8 Å². The van der Waals surface area contributed by atoms with Crippen LogP contribution in [0.4, 0.5) is 17.1 Å². The highest BCUT2D eigenvalue weighted by molar-refractivity contribution is 6.35. The minimum absolute atomic E-state index is 0.148. The molecule has 0 spiro atoms. The topological polar surface area (TPSA) is 96.5 Å². The van der Waals surface area contributed by atoms with Crippen molar-refractivity contribution in [2.75, 3.05) is 23.1 Å². The summed E-state index contributed by atoms with van der Waals surface area (Å²) < 4.78 is 5.55. The number of methoxy groups -OCH3 is 1. The Hall–Kier alpha value is -4.39. The van der Waals surface area contributed by atoms with E-state index in [1.165, 1.54) is 13.8 Å². The second kappa shape index (κ2) is 9.00. The zero-order chi connectivity index (χ0) is 23.5. The first-order valence-electron chi connectivity index (χ1n) is 10.3. The van der Waals surface area contributed by atoms with Gasteiger partial charge >= 0.3 is 0 Å². The summed E-state index contributed by atoms with van der Waals surface area (Å²) in [7, 11) is 1.60. The third kappa shape index (κ3) is 4.77. The molecule has 0 saturated carbocycles. The fourth-order valence-electron chi connectivity index (χ4n) is 3.79. The van der Waals surface area contributed by atoms with Crippen molar-refractivity contribution >= 4 is 46.4 Å². The van der Waals surface area contributed by atoms with Gasteiger partial charge in [-0.2, -0.15) is 0 Å². The number of hydrogen-bond acceptors (Lipinski definition) is 4. The maximum Gasteiger partial charge on any atom is 0.256 e. The van der Waals surface area contributed by atoms with Gasteiger partial charge < -0.3 is 20.7 Å². The maximum absolute atomic E-state index is 12.7. The molecule has 0 unspecified atom stereocenters. The third-order valence-corrected chi connectivity index (χ3v) is 5.15. The first-order chi connectivity index (χ1) is 15.8. The van der Waals surface area contributed by atoms with Gasteiger partial charge in [-0.15, -0.1) is 0 Å². The molecule has 7 nitrogen and oxygen atoms in total. The normalized spacial score (nSPS) is 13.3. The van der Waals surface area contributed by atoms with Crippen LogP contribution in [0.5, 0.6) is 5.75 Å². The van der Waals surface area contributed by atoms with E-state index in [2.05, 4.69) is 16.0 Å². The molecule has 0 saturated heterocycles. The van der Waals surface area contributed by atoms with Gasteiger partial charge in [0, 0.05) is 41.9 Å². The molecular weight excluding hydrogens is 418 g/mol. The van der Waals surface area contributed by atoms with Crippen LogP contribution in [-0.2, 0) is 14.4 Å². The predicted molar refractivity (Wildman–Crippen MR) is 130 cm³/mol. The second-order valence-corrected chi connectivity index (χ2v) is 7.68. The lowest BCUT2D eigenvalue weighted by atomic mass is 9.98. The lowest BCUT2D eigenvalue weighted by Crippen LogP contribution is -2.06. The number of anilines is 3. The van der Waals surface area contributed by atoms with Gasteiger partial charge in [-0.25, -0.2) is 0 Å². The summed E-state index contributed by atoms with van der Waals surface area (Å²) in [4.78, 5) is 35.4. The quantitative estimate of drug-likeness (QED) is 0.497. The molecule has 1 heterocycles. The van der Waals surface area contributed by atoms with E-state index in [1.807, 2.05) is 54.6 Å². The fourth-order valence-corrected chi connectivity index (χ4v) is 3.79. The maximum atomic E-state index is 12.7. The van der Waals surface area contributed by atoms with Crippen molar-refractivity contribution in [3.8, 4) is 16.9 Å². The number of nitrogens with one attached hydrogen (secondary N) is 3. The molecule has 7 heteroatoms. The van der Waals surface area contributed by atoms with Gasteiger partial charge in [0.1, 0.15) is 5.75 Å². The van der Waals surface area contributed by atoms with Crippen molar-refractivity contribution in [3.63, 3.8) is 0 Å². The van der Waals surface area contributed by atoms with Crippen molar-refractivity contribution in [3.05, 3.63) is 71.8 Å². The Balaban J connectivity index is 1.73. The predicted octanol–water partition coefficient (Wildman–Crippen LogP) is 4.77. The smallest absolute Gasteiger partial charge is 0.256 e. The molecular formula is C26H23N3O4. The first-order valence-corrected chi connectivity index (χ1v) is 10.3. The number of amides is 3. The van der Waals surface area contributed by atoms with Crippen LogP contribution in [0.1, 0.15) is 25.0 Å². The number of hydrogen-bond donors (Lipinski definition) is 3. The average molecular weight is 441 g/mol. The zero-order valence-corrected chi connectivity index (χ0v) is 18.5. The second-order valence-electron chi connectivity index (χ2n) is 7.68. The van der Waals surface area contributed by atoms with E-state index < -0.39 is 0 Å². The Morgan fingerprint density at radius 3 is 2.30 bits per heavy atom. The molecule has 0 aromatic heterocycles. The van der Waals surface area contributed by atoms with Gasteiger partial charge in [0.2, 0.25) is 11.8 Å². The molecule has 1 aliphatic heterocycles. The molecule has 3 aromatic rings. The van der Waals surface area contributed by atoms with Gasteiger partial charge in [0.15, 0.2) is 0 Å². The van der Waals surface area contributed by atoms with E-state index in [0.717, 1.165) is 22.3 Å². The lowest BCUT2D eigenvalue weighted by Gasteiger charge is -2.12. The summed E-state index contributed by atoms with van der Waals surface area (Å²) >= 11 is 0. The molecule has 0 atom stereocenters. The molecule has 3 aromatic carbocycles. The summed E-state index contributed by atoms with van der Waals surface area (Å²) in [5.74, 6) is 0.136. The van der Waals surface area contributed by atoms with Crippen LogP contribution in [0, 0.1) is 0 Å². The number of fused-ring (bicyclic) bond motifs is 1. The number of carbonyl (C=O) groups excluding carboxylic acids is 3. The van der Waals surface area contributed by atoms with Gasteiger partial charge in [-0.05, 0) is 53.6 Å². The van der Waals surface area contributed by atoms with Crippen molar-refractivity contribution in [1.82, 2.24) is 0 Å². The summed E-state index contributed by atoms with van der Waals surface area (Å²) in [6.45, 7) is 2.90. The van der Waals surface area contributed by atoms with Crippen molar-refractivity contribution in [2.24, 2.45) is 0 Å². The third-order valence-electron chi connectivity index (χ3n) is 5.15. The highest BCUT2D eigenvalue weighted by Crippen LogP contribution is 2.37. The fraction of sp³-hybridized carbons (Fsp3) is 0.115. The van der Waals surface area contributed by atoms with E-state index in [-0.39, 0.29) is 17.7 Å². The van der Waals surface area contributed by atoms with Crippen LogP contribution in [-0.4, -0.2) is 24.8 Å². The molecule has 3 amide bonds. The van der Waals surface area contributed by atoms with Crippen LogP contribution >= 0.6 is 0 Å². The molecule has 166 valence electrons. The van der Waals surface area contributed by atoms with Crippen LogP contribution in [0.2, 0.25) is 0 Å². The Labute approximate surface area is 191 Å². The minimum Gasteiger partial charge on any atom is -0.496 e. The molecule has 0 radical (unpaired) electrons. The standard InChI is InChI=1S/C26H23N3O4/c1-15(30)27-19-6-4-5-18(13-19)22-11-17(7-10-25(22)33-3)12-23-21-9-8-20(28-16(2)31)14-24(21)29-26(23)32/h4-14H,1-3H3,(H,27,30)(H,28,31)(H,29,32). The van der Waals surface area contributed by atoms with Crippen molar-refractivity contribution in [2.45, 2.75) is 13.8 Å². The van der Waals surface area contributed by atoms with Gasteiger partial charge in [0.05, 0.1) is 12.8 Å². The summed E-state index contributed by atoms with van der Waals surface area (Å²) in [6.07, 6.45) is 1.82. The molecule has 0 fully saturated rings. The molecule has 0 bridgehead atoms. The van der Waals surface area contributed by atoms with E-state index >= 15 is 0 Å². The monoisotopic (exact) mass is 441 g/mol. The molecule has 3 N–H and O–H groups in total. The minimum atomic E-state index is -0.213. The molecule has 1 aliphatic rings. The van der Waals surface area contributed by atoms with Crippen LogP contribution in [0.3, 0.4) is 0 Å². The summed E-state index contributed by atoms with van der Waals surface area (Å²) in [5.41, 5.74) is 5.77. The Bertz CT molecular complexity index is 1310. The van der Waals surface area contributed by atoms with E-state index in [4.69, 9.17) is 4.74 Å². The number of benzene rings is 3. The Kier molecular flexibility index (Phi) is 5.95. The molecule has 33 heavy (non-hydrogen) atoms. The highest BCUT2D eigenvalue weighted by atomic mass is 16.5. The number of carbonyl (C=O) groups is 3. The van der Waals surface area contributed by atoms with Gasteiger partial charge in [-0.1, -0.05) is 24.3 Å². The van der Waals surface area contributed by atoms with Gasteiger partial charge in [-0.3, -0.25) is 14.4 Å². The highest BCUT2D eigenvalue weighted by Gasteiger charge is 2.24. The summed E-state index contributed by atoms with van der Waals surface area (Å²) in [5, 5.41) is 8.36. The van der Waals surface area contributed by atoms with Crippen LogP contribution in [0.15, 0.2) is 60.7 Å². The summed E-state index contributed by atoms with van der Waals surface area (Å²) in [6, 6.07) is 18.5. The first kappa shape index (κ1) is 21.8. The van der Waals surface area contributed by atoms with Crippen LogP contribution < -0.4 is 20.7 Å². The molecule has 0 aliphatic carbocycles. The lowest BCUT2D eigenvalue weighted by molar-refractivity contribution is -0.115. The van der Waals surface area contributed by atoms with E-state index in [0.29, 0.717) is 28.4 Å². The SMILES string of the molecule is COc1ccc(C=C2C(=O)Nc3cc(NC(C)=O)ccc32)cc1-c1cccc(NC(C)=O)c1. The Morgan fingerprint density at radius 1 is 0.879 bits per heavy atom. The molecule has 4 rings (SSSR count). The van der Waals surface area contributed by atoms with Crippen molar-refractivity contribution in [1.29, 1.82) is 0 Å². The number of ether oxygens (including phenoxy) is 1. The van der Waals surface area contributed by atoms with E-state index in [9.17, 15) is 14.4 Å².